The Bertz CT molecular complexity index is 814. The van der Waals surface area contributed by atoms with Crippen LogP contribution in [-0.2, 0) is 4.79 Å². The molecule has 3 rings (SSSR count). The Balaban J connectivity index is 1.87. The molecule has 0 radical (unpaired) electrons. The molecule has 1 aromatic carbocycles. The van der Waals surface area contributed by atoms with Crippen molar-refractivity contribution in [1.82, 2.24) is 5.32 Å². The average Bonchev–Trinajstić information content (AvgIpc) is 3.02. The van der Waals surface area contributed by atoms with Gasteiger partial charge < -0.3 is 5.32 Å². The summed E-state index contributed by atoms with van der Waals surface area (Å²) in [5.41, 5.74) is 1.65. The number of nitrogens with zero attached hydrogens (tertiary/aromatic N) is 1. The van der Waals surface area contributed by atoms with Crippen LogP contribution in [0.25, 0.3) is 6.08 Å². The summed E-state index contributed by atoms with van der Waals surface area (Å²) in [4.78, 5) is 18.2. The van der Waals surface area contributed by atoms with E-state index in [0.717, 1.165) is 19.9 Å². The molecule has 1 fully saturated rings. The Labute approximate surface area is 149 Å². The third-order valence-corrected chi connectivity index (χ3v) is 5.87. The molecule has 0 atom stereocenters. The number of thiophene rings is 1. The first-order chi connectivity index (χ1) is 10.5. The summed E-state index contributed by atoms with van der Waals surface area (Å²) in [7, 11) is 0. The average molecular weight is 414 g/mol. The number of benzene rings is 1. The molecule has 1 aliphatic heterocycles. The number of rotatable bonds is 2. The number of aliphatic imine (C=N–C) groups is 1. The number of thioether (sulfide) groups is 1. The fourth-order valence-corrected chi connectivity index (χ4v) is 4.28. The minimum absolute atomic E-state index is 0.132. The van der Waals surface area contributed by atoms with Gasteiger partial charge in [0.25, 0.3) is 5.91 Å². The van der Waals surface area contributed by atoms with Crippen molar-refractivity contribution in [3.8, 4) is 0 Å². The second-order valence-electron chi connectivity index (χ2n) is 4.51. The van der Waals surface area contributed by atoms with Gasteiger partial charge in [0.05, 0.1) is 14.4 Å². The van der Waals surface area contributed by atoms with Gasteiger partial charge in [0, 0.05) is 9.90 Å². The first-order valence-electron chi connectivity index (χ1n) is 6.33. The van der Waals surface area contributed by atoms with Crippen LogP contribution in [0.5, 0.6) is 0 Å². The highest BCUT2D eigenvalue weighted by atomic mass is 79.9. The molecule has 112 valence electrons. The summed E-state index contributed by atoms with van der Waals surface area (Å²) in [6.07, 6.45) is 1.86. The van der Waals surface area contributed by atoms with Crippen molar-refractivity contribution in [2.75, 3.05) is 0 Å². The number of hydrogen-bond donors (Lipinski definition) is 1. The standard InChI is InChI=1S/C15H10BrClN2OS2/c1-8-10(17)3-2-4-11(8)18-15-19-14(20)12(22-15)7-9-5-6-13(16)21-9/h2-7H,1H3,(H,18,19,20)/b12-7+. The van der Waals surface area contributed by atoms with Crippen LogP contribution in [0, 0.1) is 6.92 Å². The number of carbonyl (C=O) groups excluding carboxylic acids is 1. The number of hydrogen-bond acceptors (Lipinski definition) is 4. The third-order valence-electron chi connectivity index (χ3n) is 2.98. The van der Waals surface area contributed by atoms with Gasteiger partial charge in [-0.1, -0.05) is 17.7 Å². The molecule has 0 aliphatic carbocycles. The van der Waals surface area contributed by atoms with Crippen molar-refractivity contribution in [3.05, 3.63) is 54.5 Å². The van der Waals surface area contributed by atoms with Gasteiger partial charge >= 0.3 is 0 Å². The highest BCUT2D eigenvalue weighted by molar-refractivity contribution is 9.11. The lowest BCUT2D eigenvalue weighted by atomic mass is 10.2. The smallest absolute Gasteiger partial charge is 0.264 e. The number of amides is 1. The molecule has 0 unspecified atom stereocenters. The molecular formula is C15H10BrClN2OS2. The molecule has 2 aromatic rings. The van der Waals surface area contributed by atoms with Crippen molar-refractivity contribution in [3.63, 3.8) is 0 Å². The summed E-state index contributed by atoms with van der Waals surface area (Å²) in [5, 5.41) is 4.01. The molecule has 22 heavy (non-hydrogen) atoms. The molecule has 0 saturated carbocycles. The minimum atomic E-state index is -0.132. The largest absolute Gasteiger partial charge is 0.300 e. The summed E-state index contributed by atoms with van der Waals surface area (Å²) in [5.74, 6) is -0.132. The molecule has 1 aromatic heterocycles. The number of halogens is 2. The molecule has 0 spiro atoms. The van der Waals surface area contributed by atoms with Crippen LogP contribution in [0.3, 0.4) is 0 Å². The Kier molecular flexibility index (Phi) is 4.73. The molecule has 1 N–H and O–H groups in total. The lowest BCUT2D eigenvalue weighted by molar-refractivity contribution is -0.115. The van der Waals surface area contributed by atoms with Gasteiger partial charge in [-0.05, 0) is 70.5 Å². The van der Waals surface area contributed by atoms with Crippen LogP contribution in [0.2, 0.25) is 5.02 Å². The van der Waals surface area contributed by atoms with Gasteiger partial charge in [-0.3, -0.25) is 4.79 Å². The molecule has 3 nitrogen and oxygen atoms in total. The molecule has 1 amide bonds. The van der Waals surface area contributed by atoms with Gasteiger partial charge in [0.2, 0.25) is 0 Å². The van der Waals surface area contributed by atoms with Crippen molar-refractivity contribution in [2.45, 2.75) is 6.92 Å². The zero-order chi connectivity index (χ0) is 15.7. The summed E-state index contributed by atoms with van der Waals surface area (Å²) >= 11 is 12.4. The van der Waals surface area contributed by atoms with Gasteiger partial charge in [-0.2, -0.15) is 0 Å². The van der Waals surface area contributed by atoms with Crippen LogP contribution in [0.4, 0.5) is 5.69 Å². The van der Waals surface area contributed by atoms with Crippen LogP contribution in [0.1, 0.15) is 10.4 Å². The van der Waals surface area contributed by atoms with E-state index in [2.05, 4.69) is 26.2 Å². The molecular weight excluding hydrogens is 404 g/mol. The van der Waals surface area contributed by atoms with Gasteiger partial charge in [0.15, 0.2) is 5.17 Å². The second kappa shape index (κ2) is 6.58. The Morgan fingerprint density at radius 2 is 2.14 bits per heavy atom. The number of carbonyl (C=O) groups is 1. The van der Waals surface area contributed by atoms with E-state index in [1.54, 1.807) is 11.3 Å². The van der Waals surface area contributed by atoms with E-state index in [9.17, 15) is 4.79 Å². The Morgan fingerprint density at radius 3 is 2.86 bits per heavy atom. The van der Waals surface area contributed by atoms with E-state index in [4.69, 9.17) is 11.6 Å². The molecule has 1 saturated heterocycles. The van der Waals surface area contributed by atoms with E-state index in [1.807, 2.05) is 43.3 Å². The van der Waals surface area contributed by atoms with E-state index >= 15 is 0 Å². The maximum absolute atomic E-state index is 12.0. The van der Waals surface area contributed by atoms with Crippen LogP contribution in [-0.4, -0.2) is 11.1 Å². The Morgan fingerprint density at radius 1 is 1.32 bits per heavy atom. The zero-order valence-corrected chi connectivity index (χ0v) is 15.4. The van der Waals surface area contributed by atoms with Gasteiger partial charge in [0.1, 0.15) is 0 Å². The summed E-state index contributed by atoms with van der Waals surface area (Å²) in [6, 6.07) is 9.46. The minimum Gasteiger partial charge on any atom is -0.300 e. The fraction of sp³-hybridized carbons (Fsp3) is 0.0667. The molecule has 1 aliphatic rings. The van der Waals surface area contributed by atoms with Crippen molar-refractivity contribution >= 4 is 73.5 Å². The van der Waals surface area contributed by atoms with Crippen LogP contribution < -0.4 is 5.32 Å². The predicted octanol–water partition coefficient (Wildman–Crippen LogP) is 5.36. The third kappa shape index (κ3) is 3.46. The first-order valence-corrected chi connectivity index (χ1v) is 9.13. The highest BCUT2D eigenvalue weighted by Crippen LogP contribution is 2.32. The lowest BCUT2D eigenvalue weighted by Crippen LogP contribution is -2.19. The number of amidine groups is 1. The van der Waals surface area contributed by atoms with Gasteiger partial charge in [-0.15, -0.1) is 11.3 Å². The quantitative estimate of drug-likeness (QED) is 0.673. The van der Waals surface area contributed by atoms with E-state index in [0.29, 0.717) is 15.1 Å². The summed E-state index contributed by atoms with van der Waals surface area (Å²) in [6.45, 7) is 1.91. The van der Waals surface area contributed by atoms with Crippen molar-refractivity contribution < 1.29 is 4.79 Å². The predicted molar refractivity (Wildman–Crippen MR) is 99.0 cm³/mol. The highest BCUT2D eigenvalue weighted by Gasteiger charge is 2.24. The zero-order valence-electron chi connectivity index (χ0n) is 11.4. The summed E-state index contributed by atoms with van der Waals surface area (Å²) < 4.78 is 1.03. The first kappa shape index (κ1) is 15.8. The monoisotopic (exact) mass is 412 g/mol. The van der Waals surface area contributed by atoms with E-state index in [-0.39, 0.29) is 5.91 Å². The normalized spacial score (nSPS) is 18.2. The van der Waals surface area contributed by atoms with E-state index in [1.165, 1.54) is 11.8 Å². The number of nitrogens with one attached hydrogen (secondary N) is 1. The van der Waals surface area contributed by atoms with Crippen LogP contribution >= 0.6 is 50.6 Å². The SMILES string of the molecule is Cc1c(Cl)cccc1N=C1NC(=O)/C(=C\c2ccc(Br)s2)S1. The maximum atomic E-state index is 12.0. The second-order valence-corrected chi connectivity index (χ2v) is 8.44. The molecule has 7 heteroatoms. The molecule has 2 heterocycles. The molecule has 0 bridgehead atoms. The van der Waals surface area contributed by atoms with Crippen molar-refractivity contribution in [2.24, 2.45) is 4.99 Å². The topological polar surface area (TPSA) is 41.5 Å². The Hall–Kier alpha value is -1.08. The maximum Gasteiger partial charge on any atom is 0.264 e. The van der Waals surface area contributed by atoms with Crippen LogP contribution in [0.15, 0.2) is 44.0 Å². The van der Waals surface area contributed by atoms with Crippen molar-refractivity contribution in [1.29, 1.82) is 0 Å². The fourth-order valence-electron chi connectivity index (χ4n) is 1.84. The van der Waals surface area contributed by atoms with E-state index < -0.39 is 0 Å². The van der Waals surface area contributed by atoms with Gasteiger partial charge in [-0.25, -0.2) is 4.99 Å². The lowest BCUT2D eigenvalue weighted by Gasteiger charge is -2.02.